The van der Waals surface area contributed by atoms with Crippen molar-refractivity contribution >= 4 is 40.3 Å². The predicted octanol–water partition coefficient (Wildman–Crippen LogP) is 5.75. The Hall–Kier alpha value is -3.89. The number of aryl methyl sites for hydroxylation is 1. The Morgan fingerprint density at radius 1 is 1.07 bits per heavy atom. The van der Waals surface area contributed by atoms with E-state index in [0.717, 1.165) is 0 Å². The van der Waals surface area contributed by atoms with Gasteiger partial charge < -0.3 is 29.9 Å². The Balaban J connectivity index is 0.000000662. The highest BCUT2D eigenvalue weighted by atomic mass is 35.5. The number of fused-ring (bicyclic) bond motifs is 1. The average molecular weight is 628 g/mol. The summed E-state index contributed by atoms with van der Waals surface area (Å²) in [6.45, 7) is 12.3. The lowest BCUT2D eigenvalue weighted by atomic mass is 9.85. The maximum atomic E-state index is 13.6. The van der Waals surface area contributed by atoms with Crippen LogP contribution in [0.15, 0.2) is 54.7 Å². The van der Waals surface area contributed by atoms with Crippen LogP contribution in [-0.2, 0) is 20.9 Å². The number of hydrogen-bond acceptors (Lipinski definition) is 7. The summed E-state index contributed by atoms with van der Waals surface area (Å²) in [5.41, 5.74) is 0.412. The van der Waals surface area contributed by atoms with Gasteiger partial charge in [0.1, 0.15) is 23.8 Å². The molecule has 1 saturated heterocycles. The molecular formula is C33H42ClN3O7. The first-order valence-electron chi connectivity index (χ1n) is 14.4. The number of pyridine rings is 1. The molecule has 11 heteroatoms. The molecule has 0 unspecified atom stereocenters. The fraction of sp³-hybridized carbons (Fsp3) is 0.455. The van der Waals surface area contributed by atoms with Crippen LogP contribution in [0.1, 0.15) is 59.1 Å². The number of hydrogen-bond donors (Lipinski definition) is 3. The van der Waals surface area contributed by atoms with Gasteiger partial charge in [-0.2, -0.15) is 0 Å². The molecule has 3 atom stereocenters. The lowest BCUT2D eigenvalue weighted by molar-refractivity contribution is -0.150. The third kappa shape index (κ3) is 9.30. The van der Waals surface area contributed by atoms with E-state index in [0.29, 0.717) is 21.4 Å². The number of carbonyl (C=O) groups excluding carboxylic acids is 2. The number of carbonyl (C=O) groups is 3. The number of likely N-dealkylation sites (tertiary alicyclic amines) is 1. The Bertz CT molecular complexity index is 1470. The van der Waals surface area contributed by atoms with Crippen LogP contribution in [0.2, 0.25) is 5.02 Å². The number of nitrogens with one attached hydrogen (secondary N) is 1. The van der Waals surface area contributed by atoms with E-state index in [1.165, 1.54) is 16.7 Å². The van der Waals surface area contributed by atoms with Crippen molar-refractivity contribution in [3.63, 3.8) is 0 Å². The molecule has 0 saturated carbocycles. The summed E-state index contributed by atoms with van der Waals surface area (Å²) >= 11 is 6.17. The SMILES string of the molecule is CC(C)(C)OC(=O)N[C@H](C(=O)N1C[C@H](Oc2ncc(CO)c3ccc(Cl)cc23)C[C@H]1C(=O)O)C(C)(C)C.Cc1ccccc1. The van der Waals surface area contributed by atoms with Crippen molar-refractivity contribution in [2.75, 3.05) is 6.54 Å². The van der Waals surface area contributed by atoms with Gasteiger partial charge in [-0.15, -0.1) is 0 Å². The fourth-order valence-electron chi connectivity index (χ4n) is 4.76. The molecule has 3 N–H and O–H groups in total. The highest BCUT2D eigenvalue weighted by Gasteiger charge is 2.46. The number of nitrogens with zero attached hydrogens (tertiary/aromatic N) is 2. The van der Waals surface area contributed by atoms with Crippen LogP contribution < -0.4 is 10.1 Å². The number of aliphatic hydroxyl groups is 1. The number of carboxylic acids is 1. The van der Waals surface area contributed by atoms with E-state index in [9.17, 15) is 24.6 Å². The van der Waals surface area contributed by atoms with Gasteiger partial charge in [-0.05, 0) is 50.6 Å². The minimum atomic E-state index is -1.18. The zero-order valence-corrected chi connectivity index (χ0v) is 27.0. The Kier molecular flexibility index (Phi) is 11.2. The van der Waals surface area contributed by atoms with E-state index in [-0.39, 0.29) is 25.5 Å². The van der Waals surface area contributed by atoms with Crippen LogP contribution in [-0.4, -0.2) is 68.4 Å². The molecule has 1 aromatic heterocycles. The van der Waals surface area contributed by atoms with Gasteiger partial charge in [0.25, 0.3) is 0 Å². The number of benzene rings is 2. The van der Waals surface area contributed by atoms with E-state index in [4.69, 9.17) is 21.1 Å². The molecule has 0 bridgehead atoms. The van der Waals surface area contributed by atoms with E-state index < -0.39 is 47.2 Å². The van der Waals surface area contributed by atoms with Gasteiger partial charge in [-0.25, -0.2) is 14.6 Å². The third-order valence-electron chi connectivity index (χ3n) is 6.89. The number of aromatic nitrogens is 1. The van der Waals surface area contributed by atoms with E-state index >= 15 is 0 Å². The molecule has 0 spiro atoms. The predicted molar refractivity (Wildman–Crippen MR) is 169 cm³/mol. The summed E-state index contributed by atoms with van der Waals surface area (Å²) < 4.78 is 11.4. The van der Waals surface area contributed by atoms with Crippen LogP contribution in [0.4, 0.5) is 4.79 Å². The number of ether oxygens (including phenoxy) is 2. The lowest BCUT2D eigenvalue weighted by Gasteiger charge is -2.35. The summed E-state index contributed by atoms with van der Waals surface area (Å²) in [6.07, 6.45) is 0.0620. The fourth-order valence-corrected chi connectivity index (χ4v) is 4.93. The van der Waals surface area contributed by atoms with Crippen molar-refractivity contribution in [3.05, 3.63) is 70.9 Å². The van der Waals surface area contributed by atoms with Gasteiger partial charge in [-0.3, -0.25) is 4.79 Å². The van der Waals surface area contributed by atoms with Crippen LogP contribution in [0.25, 0.3) is 10.8 Å². The van der Waals surface area contributed by atoms with Crippen LogP contribution >= 0.6 is 11.6 Å². The van der Waals surface area contributed by atoms with Crippen molar-refractivity contribution in [2.45, 2.75) is 85.3 Å². The zero-order chi connectivity index (χ0) is 32.8. The molecule has 0 aliphatic carbocycles. The molecule has 44 heavy (non-hydrogen) atoms. The van der Waals surface area contributed by atoms with Crippen LogP contribution in [0.3, 0.4) is 0 Å². The number of aliphatic hydroxyl groups excluding tert-OH is 1. The van der Waals surface area contributed by atoms with Crippen molar-refractivity contribution in [2.24, 2.45) is 5.41 Å². The highest BCUT2D eigenvalue weighted by molar-refractivity contribution is 6.31. The molecule has 2 heterocycles. The maximum absolute atomic E-state index is 13.6. The molecule has 238 valence electrons. The summed E-state index contributed by atoms with van der Waals surface area (Å²) in [6, 6.07) is 13.2. The highest BCUT2D eigenvalue weighted by Crippen LogP contribution is 2.33. The van der Waals surface area contributed by atoms with Crippen molar-refractivity contribution in [3.8, 4) is 5.88 Å². The number of amides is 2. The smallest absolute Gasteiger partial charge is 0.408 e. The molecule has 10 nitrogen and oxygen atoms in total. The summed E-state index contributed by atoms with van der Waals surface area (Å²) in [7, 11) is 0. The first-order chi connectivity index (χ1) is 20.5. The molecule has 2 amide bonds. The van der Waals surface area contributed by atoms with Gasteiger partial charge in [-0.1, -0.05) is 74.3 Å². The molecule has 0 radical (unpaired) electrons. The van der Waals surface area contributed by atoms with Gasteiger partial charge in [0.15, 0.2) is 0 Å². The quantitative estimate of drug-likeness (QED) is 0.314. The number of aliphatic carboxylic acids is 1. The van der Waals surface area contributed by atoms with Crippen molar-refractivity contribution < 1.29 is 34.1 Å². The topological polar surface area (TPSA) is 138 Å². The van der Waals surface area contributed by atoms with Crippen LogP contribution in [0, 0.1) is 12.3 Å². The van der Waals surface area contributed by atoms with Gasteiger partial charge in [0, 0.05) is 28.6 Å². The first-order valence-corrected chi connectivity index (χ1v) is 14.8. The molecule has 1 fully saturated rings. The van der Waals surface area contributed by atoms with Crippen molar-refractivity contribution in [1.82, 2.24) is 15.2 Å². The lowest BCUT2D eigenvalue weighted by Crippen LogP contribution is -2.57. The second-order valence-electron chi connectivity index (χ2n) is 12.9. The zero-order valence-electron chi connectivity index (χ0n) is 26.3. The second kappa shape index (κ2) is 14.3. The second-order valence-corrected chi connectivity index (χ2v) is 13.3. The largest absolute Gasteiger partial charge is 0.480 e. The Morgan fingerprint density at radius 3 is 2.25 bits per heavy atom. The number of rotatable bonds is 6. The average Bonchev–Trinajstić information content (AvgIpc) is 3.35. The van der Waals surface area contributed by atoms with E-state index in [1.807, 2.05) is 18.2 Å². The molecule has 2 aromatic carbocycles. The van der Waals surface area contributed by atoms with Crippen LogP contribution in [0.5, 0.6) is 5.88 Å². The number of carboxylic acid groups (broad SMARTS) is 1. The minimum absolute atomic E-state index is 0.0237. The molecule has 1 aliphatic rings. The standard InChI is InChI=1S/C26H34ClN3O7.C7H8/c1-25(2,3)20(29-24(35)37-26(4,5)6)22(32)30-12-16(10-19(30)23(33)34)36-21-18-9-15(27)7-8-17(18)14(13-31)11-28-21;1-7-5-3-2-4-6-7/h7-9,11,16,19-20,31H,10,12-13H2,1-6H3,(H,29,35)(H,33,34);2-6H,1H3/t16-,19+,20-;/m1./s1. The normalized spacial score (nSPS) is 17.3. The first kappa shape index (κ1) is 34.6. The summed E-state index contributed by atoms with van der Waals surface area (Å²) in [4.78, 5) is 43.7. The Morgan fingerprint density at radius 2 is 1.73 bits per heavy atom. The number of halogens is 1. The minimum Gasteiger partial charge on any atom is -0.480 e. The number of alkyl carbamates (subject to hydrolysis) is 1. The molecular weight excluding hydrogens is 586 g/mol. The van der Waals surface area contributed by atoms with E-state index in [2.05, 4.69) is 29.4 Å². The molecule has 4 rings (SSSR count). The summed E-state index contributed by atoms with van der Waals surface area (Å²) in [5, 5.41) is 23.9. The monoisotopic (exact) mass is 627 g/mol. The van der Waals surface area contributed by atoms with Gasteiger partial charge in [0.2, 0.25) is 11.8 Å². The third-order valence-corrected chi connectivity index (χ3v) is 7.12. The molecule has 3 aromatic rings. The van der Waals surface area contributed by atoms with E-state index in [1.54, 1.807) is 59.7 Å². The van der Waals surface area contributed by atoms with Gasteiger partial charge >= 0.3 is 12.1 Å². The molecule has 1 aliphatic heterocycles. The van der Waals surface area contributed by atoms with Gasteiger partial charge in [0.05, 0.1) is 13.2 Å². The van der Waals surface area contributed by atoms with Crippen molar-refractivity contribution in [1.29, 1.82) is 0 Å². The Labute approximate surface area is 263 Å². The maximum Gasteiger partial charge on any atom is 0.408 e. The summed E-state index contributed by atoms with van der Waals surface area (Å²) in [5.74, 6) is -1.51.